The van der Waals surface area contributed by atoms with Crippen LogP contribution in [0.25, 0.3) is 0 Å². The molecule has 0 N–H and O–H groups in total. The van der Waals surface area contributed by atoms with Crippen molar-refractivity contribution in [2.45, 2.75) is 25.7 Å². The molecular weight excluding hydrogens is 276 g/mol. The fourth-order valence-corrected chi connectivity index (χ4v) is 3.67. The highest BCUT2D eigenvalue weighted by Gasteiger charge is 2.35. The van der Waals surface area contributed by atoms with Crippen LogP contribution >= 0.6 is 0 Å². The van der Waals surface area contributed by atoms with Crippen LogP contribution in [0.4, 0.5) is 0 Å². The Bertz CT molecular complexity index is 818. The number of methoxy groups -OCH3 is 1. The van der Waals surface area contributed by atoms with E-state index in [1.54, 1.807) is 18.2 Å². The first kappa shape index (κ1) is 13.3. The van der Waals surface area contributed by atoms with Gasteiger partial charge in [-0.25, -0.2) is 0 Å². The largest absolute Gasteiger partial charge is 0.496 e. The van der Waals surface area contributed by atoms with Gasteiger partial charge in [0.1, 0.15) is 5.75 Å². The average molecular weight is 292 g/mol. The molecule has 2 aliphatic rings. The number of rotatable bonds is 1. The molecule has 0 fully saturated rings. The molecule has 2 aromatic rings. The van der Waals surface area contributed by atoms with Gasteiger partial charge < -0.3 is 4.74 Å². The van der Waals surface area contributed by atoms with E-state index < -0.39 is 0 Å². The summed E-state index contributed by atoms with van der Waals surface area (Å²) < 4.78 is 5.32. The summed E-state index contributed by atoms with van der Waals surface area (Å²) in [5, 5.41) is 0. The molecule has 3 heteroatoms. The van der Waals surface area contributed by atoms with Crippen molar-refractivity contribution < 1.29 is 14.3 Å². The Kier molecular flexibility index (Phi) is 2.89. The lowest BCUT2D eigenvalue weighted by atomic mass is 9.77. The van der Waals surface area contributed by atoms with Gasteiger partial charge in [-0.15, -0.1) is 0 Å². The average Bonchev–Trinajstić information content (AvgIpc) is 2.58. The van der Waals surface area contributed by atoms with Gasteiger partial charge >= 0.3 is 0 Å². The van der Waals surface area contributed by atoms with Crippen molar-refractivity contribution in [1.29, 1.82) is 0 Å². The lowest BCUT2D eigenvalue weighted by Gasteiger charge is -2.25. The van der Waals surface area contributed by atoms with Crippen LogP contribution in [-0.4, -0.2) is 18.7 Å². The molecule has 3 nitrogen and oxygen atoms in total. The first-order chi connectivity index (χ1) is 10.7. The van der Waals surface area contributed by atoms with Gasteiger partial charge in [0, 0.05) is 16.7 Å². The topological polar surface area (TPSA) is 43.4 Å². The van der Waals surface area contributed by atoms with Gasteiger partial charge in [-0.05, 0) is 48.9 Å². The number of aryl methyl sites for hydroxylation is 1. The minimum atomic E-state index is -0.0723. The summed E-state index contributed by atoms with van der Waals surface area (Å²) in [6.45, 7) is 0. The van der Waals surface area contributed by atoms with Gasteiger partial charge in [-0.2, -0.15) is 0 Å². The molecule has 0 unspecified atom stereocenters. The standard InChI is InChI=1S/C19H16O3/c1-22-15-8-4-7-13-17(15)19(21)16-12-6-3-2-5-11(12)9-10-14(16)18(13)20/h4,7-10H,2-3,5-6H2,1H3. The second-order valence-electron chi connectivity index (χ2n) is 5.87. The van der Waals surface area contributed by atoms with Gasteiger partial charge in [0.05, 0.1) is 12.7 Å². The summed E-state index contributed by atoms with van der Waals surface area (Å²) in [5.74, 6) is 0.340. The molecule has 0 saturated carbocycles. The van der Waals surface area contributed by atoms with Crippen molar-refractivity contribution >= 4 is 11.6 Å². The van der Waals surface area contributed by atoms with Gasteiger partial charge in [-0.3, -0.25) is 9.59 Å². The third-order valence-corrected chi connectivity index (χ3v) is 4.72. The second kappa shape index (κ2) is 4.80. The fourth-order valence-electron chi connectivity index (χ4n) is 3.67. The molecule has 0 spiro atoms. The lowest BCUT2D eigenvalue weighted by Crippen LogP contribution is -2.25. The minimum Gasteiger partial charge on any atom is -0.496 e. The van der Waals surface area contributed by atoms with Gasteiger partial charge in [0.25, 0.3) is 0 Å². The van der Waals surface area contributed by atoms with Crippen LogP contribution in [0.3, 0.4) is 0 Å². The Morgan fingerprint density at radius 3 is 2.45 bits per heavy atom. The zero-order chi connectivity index (χ0) is 15.3. The van der Waals surface area contributed by atoms with E-state index in [1.165, 1.54) is 12.7 Å². The maximum absolute atomic E-state index is 13.1. The molecule has 0 amide bonds. The molecule has 22 heavy (non-hydrogen) atoms. The molecular formula is C19H16O3. The Morgan fingerprint density at radius 1 is 0.864 bits per heavy atom. The molecule has 2 aliphatic carbocycles. The zero-order valence-corrected chi connectivity index (χ0v) is 12.4. The van der Waals surface area contributed by atoms with E-state index in [0.29, 0.717) is 28.0 Å². The number of hydrogen-bond donors (Lipinski definition) is 0. The summed E-state index contributed by atoms with van der Waals surface area (Å²) in [7, 11) is 1.53. The summed E-state index contributed by atoms with van der Waals surface area (Å²) in [6.07, 6.45) is 4.09. The van der Waals surface area contributed by atoms with Crippen molar-refractivity contribution in [3.63, 3.8) is 0 Å². The number of fused-ring (bicyclic) bond motifs is 4. The normalized spacial score (nSPS) is 15.9. The van der Waals surface area contributed by atoms with Crippen molar-refractivity contribution in [2.75, 3.05) is 7.11 Å². The van der Waals surface area contributed by atoms with E-state index in [2.05, 4.69) is 0 Å². The number of ketones is 2. The highest BCUT2D eigenvalue weighted by atomic mass is 16.5. The Morgan fingerprint density at radius 2 is 1.64 bits per heavy atom. The van der Waals surface area contributed by atoms with Crippen LogP contribution in [0.2, 0.25) is 0 Å². The molecule has 0 saturated heterocycles. The molecule has 2 aromatic carbocycles. The highest BCUT2D eigenvalue weighted by Crippen LogP contribution is 2.37. The highest BCUT2D eigenvalue weighted by molar-refractivity contribution is 6.29. The van der Waals surface area contributed by atoms with Crippen molar-refractivity contribution in [1.82, 2.24) is 0 Å². The number of benzene rings is 2. The van der Waals surface area contributed by atoms with Gasteiger partial charge in [0.2, 0.25) is 0 Å². The number of carbonyl (C=O) groups is 2. The van der Waals surface area contributed by atoms with E-state index in [4.69, 9.17) is 4.74 Å². The van der Waals surface area contributed by atoms with E-state index in [-0.39, 0.29) is 11.6 Å². The van der Waals surface area contributed by atoms with Crippen LogP contribution in [0.1, 0.15) is 55.8 Å². The molecule has 0 aromatic heterocycles. The van der Waals surface area contributed by atoms with Crippen LogP contribution in [-0.2, 0) is 12.8 Å². The van der Waals surface area contributed by atoms with E-state index in [0.717, 1.165) is 31.2 Å². The summed E-state index contributed by atoms with van der Waals surface area (Å²) >= 11 is 0. The van der Waals surface area contributed by atoms with E-state index in [9.17, 15) is 9.59 Å². The first-order valence-corrected chi connectivity index (χ1v) is 7.63. The molecule has 0 heterocycles. The summed E-state index contributed by atoms with van der Waals surface area (Å²) in [5.41, 5.74) is 4.31. The van der Waals surface area contributed by atoms with Gasteiger partial charge in [-0.1, -0.05) is 18.2 Å². The molecule has 0 aliphatic heterocycles. The van der Waals surface area contributed by atoms with Gasteiger partial charge in [0.15, 0.2) is 11.6 Å². The van der Waals surface area contributed by atoms with E-state index >= 15 is 0 Å². The van der Waals surface area contributed by atoms with Crippen LogP contribution in [0, 0.1) is 0 Å². The van der Waals surface area contributed by atoms with Crippen molar-refractivity contribution in [3.05, 3.63) is 63.7 Å². The monoisotopic (exact) mass is 292 g/mol. The number of carbonyl (C=O) groups excluding carboxylic acids is 2. The number of hydrogen-bond acceptors (Lipinski definition) is 3. The third-order valence-electron chi connectivity index (χ3n) is 4.72. The van der Waals surface area contributed by atoms with Crippen LogP contribution < -0.4 is 4.74 Å². The smallest absolute Gasteiger partial charge is 0.198 e. The summed E-state index contributed by atoms with van der Waals surface area (Å²) in [4.78, 5) is 25.9. The van der Waals surface area contributed by atoms with Crippen LogP contribution in [0.15, 0.2) is 30.3 Å². The summed E-state index contributed by atoms with van der Waals surface area (Å²) in [6, 6.07) is 9.04. The van der Waals surface area contributed by atoms with Crippen molar-refractivity contribution in [3.8, 4) is 5.75 Å². The Balaban J connectivity index is 2.02. The quantitative estimate of drug-likeness (QED) is 0.691. The molecule has 0 radical (unpaired) electrons. The maximum atomic E-state index is 13.1. The zero-order valence-electron chi connectivity index (χ0n) is 12.4. The SMILES string of the molecule is COc1cccc2c1C(=O)c1c(ccc3c1CCCC3)C2=O. The molecule has 4 rings (SSSR count). The maximum Gasteiger partial charge on any atom is 0.198 e. The Hall–Kier alpha value is -2.42. The minimum absolute atomic E-state index is 0.0687. The fraction of sp³-hybridized carbons (Fsp3) is 0.263. The van der Waals surface area contributed by atoms with Crippen LogP contribution in [0.5, 0.6) is 5.75 Å². The van der Waals surface area contributed by atoms with Crippen molar-refractivity contribution in [2.24, 2.45) is 0 Å². The molecule has 0 bridgehead atoms. The predicted molar refractivity (Wildman–Crippen MR) is 82.9 cm³/mol. The molecule has 0 atom stereocenters. The number of ether oxygens (including phenoxy) is 1. The van der Waals surface area contributed by atoms with E-state index in [1.807, 2.05) is 12.1 Å². The predicted octanol–water partition coefficient (Wildman–Crippen LogP) is 3.35. The Labute approximate surface area is 128 Å². The third kappa shape index (κ3) is 1.68. The second-order valence-corrected chi connectivity index (χ2v) is 5.87. The lowest BCUT2D eigenvalue weighted by molar-refractivity contribution is 0.0975. The molecule has 110 valence electrons. The first-order valence-electron chi connectivity index (χ1n) is 7.63.